The van der Waals surface area contributed by atoms with E-state index < -0.39 is 19.1 Å². The van der Waals surface area contributed by atoms with E-state index in [1.54, 1.807) is 0 Å². The summed E-state index contributed by atoms with van der Waals surface area (Å²) in [6.07, 6.45) is -0.601. The molecule has 0 aliphatic heterocycles. The maximum atomic E-state index is 12.1. The highest BCUT2D eigenvalue weighted by Crippen LogP contribution is 2.14. The summed E-state index contributed by atoms with van der Waals surface area (Å²) in [4.78, 5) is 3.45. The van der Waals surface area contributed by atoms with Crippen molar-refractivity contribution in [3.05, 3.63) is 24.0 Å². The zero-order valence-electron chi connectivity index (χ0n) is 5.98. The van der Waals surface area contributed by atoms with Gasteiger partial charge in [0.1, 0.15) is 0 Å². The van der Waals surface area contributed by atoms with Crippen LogP contribution in [0, 0.1) is 0 Å². The predicted molar refractivity (Wildman–Crippen MR) is 39.0 cm³/mol. The molecule has 0 atom stereocenters. The van der Waals surface area contributed by atoms with Crippen molar-refractivity contribution in [1.29, 1.82) is 0 Å². The molecule has 0 aliphatic carbocycles. The summed E-state index contributed by atoms with van der Waals surface area (Å²) in [5.74, 6) is 0. The molecular formula is C6H6BF2NO2. The third kappa shape index (κ3) is 1.78. The molecule has 64 valence electrons. The van der Waals surface area contributed by atoms with E-state index in [1.807, 2.05) is 0 Å². The molecule has 0 radical (unpaired) electrons. The van der Waals surface area contributed by atoms with Crippen LogP contribution in [0.2, 0.25) is 0 Å². The third-order valence-corrected chi connectivity index (χ3v) is 1.40. The predicted octanol–water partition coefficient (Wildman–Crippen LogP) is -0.301. The van der Waals surface area contributed by atoms with Gasteiger partial charge in [-0.3, -0.25) is 4.98 Å². The Morgan fingerprint density at radius 1 is 1.42 bits per heavy atom. The minimum absolute atomic E-state index is 0.208. The van der Waals surface area contributed by atoms with Gasteiger partial charge in [-0.05, 0) is 11.5 Å². The first kappa shape index (κ1) is 9.09. The van der Waals surface area contributed by atoms with Crippen molar-refractivity contribution in [3.8, 4) is 0 Å². The number of pyridine rings is 1. The normalized spacial score (nSPS) is 10.4. The summed E-state index contributed by atoms with van der Waals surface area (Å²) < 4.78 is 24.3. The Labute approximate surface area is 67.8 Å². The fourth-order valence-corrected chi connectivity index (χ4v) is 0.835. The average molecular weight is 173 g/mol. The van der Waals surface area contributed by atoms with Crippen LogP contribution in [-0.4, -0.2) is 22.2 Å². The van der Waals surface area contributed by atoms with E-state index in [0.717, 1.165) is 12.3 Å². The van der Waals surface area contributed by atoms with Gasteiger partial charge >= 0.3 is 7.12 Å². The van der Waals surface area contributed by atoms with Gasteiger partial charge in [0, 0.05) is 18.0 Å². The second-order valence-corrected chi connectivity index (χ2v) is 2.18. The molecule has 1 aromatic heterocycles. The van der Waals surface area contributed by atoms with Crippen molar-refractivity contribution in [2.45, 2.75) is 6.43 Å². The summed E-state index contributed by atoms with van der Waals surface area (Å²) in [5.41, 5.74) is -0.660. The molecule has 1 aromatic rings. The van der Waals surface area contributed by atoms with E-state index in [2.05, 4.69) is 4.98 Å². The highest BCUT2D eigenvalue weighted by molar-refractivity contribution is 6.59. The van der Waals surface area contributed by atoms with Crippen molar-refractivity contribution in [2.75, 3.05) is 0 Å². The lowest BCUT2D eigenvalue weighted by molar-refractivity contribution is 0.151. The number of hydrogen-bond acceptors (Lipinski definition) is 3. The van der Waals surface area contributed by atoms with Gasteiger partial charge in [-0.25, -0.2) is 8.78 Å². The van der Waals surface area contributed by atoms with Crippen LogP contribution >= 0.6 is 0 Å². The van der Waals surface area contributed by atoms with E-state index in [-0.39, 0.29) is 5.46 Å². The van der Waals surface area contributed by atoms with Crippen molar-refractivity contribution in [3.63, 3.8) is 0 Å². The number of hydrogen-bond donors (Lipinski definition) is 2. The van der Waals surface area contributed by atoms with Crippen molar-refractivity contribution in [2.24, 2.45) is 0 Å². The Morgan fingerprint density at radius 2 is 2.08 bits per heavy atom. The number of alkyl halides is 2. The van der Waals surface area contributed by atoms with Crippen LogP contribution in [-0.2, 0) is 0 Å². The second-order valence-electron chi connectivity index (χ2n) is 2.18. The lowest BCUT2D eigenvalue weighted by atomic mass is 9.78. The highest BCUT2D eigenvalue weighted by Gasteiger charge is 2.20. The molecule has 0 aliphatic rings. The topological polar surface area (TPSA) is 53.4 Å². The zero-order valence-corrected chi connectivity index (χ0v) is 5.98. The van der Waals surface area contributed by atoms with Crippen LogP contribution in [0.4, 0.5) is 8.78 Å². The first-order valence-electron chi connectivity index (χ1n) is 3.21. The fourth-order valence-electron chi connectivity index (χ4n) is 0.835. The maximum absolute atomic E-state index is 12.1. The van der Waals surface area contributed by atoms with E-state index >= 15 is 0 Å². The molecular weight excluding hydrogens is 167 g/mol. The van der Waals surface area contributed by atoms with Crippen molar-refractivity contribution in [1.82, 2.24) is 4.98 Å². The summed E-state index contributed by atoms with van der Waals surface area (Å²) in [7, 11) is -1.88. The van der Waals surface area contributed by atoms with E-state index in [0.29, 0.717) is 0 Å². The van der Waals surface area contributed by atoms with Gasteiger partial charge in [-0.15, -0.1) is 0 Å². The smallest absolute Gasteiger partial charge is 0.423 e. The van der Waals surface area contributed by atoms with Crippen LogP contribution < -0.4 is 5.46 Å². The van der Waals surface area contributed by atoms with Gasteiger partial charge < -0.3 is 10.0 Å². The first-order chi connectivity index (χ1) is 5.63. The SMILES string of the molecule is OB(O)c1ccncc1C(F)F. The van der Waals surface area contributed by atoms with Crippen LogP contribution in [0.3, 0.4) is 0 Å². The number of halogens is 2. The van der Waals surface area contributed by atoms with Gasteiger partial charge in [-0.1, -0.05) is 0 Å². The maximum Gasteiger partial charge on any atom is 0.489 e. The van der Waals surface area contributed by atoms with Crippen molar-refractivity contribution >= 4 is 12.6 Å². The van der Waals surface area contributed by atoms with E-state index in [1.165, 1.54) is 6.20 Å². The number of nitrogens with zero attached hydrogens (tertiary/aromatic N) is 1. The summed E-state index contributed by atoms with van der Waals surface area (Å²) in [5, 5.41) is 17.3. The lowest BCUT2D eigenvalue weighted by Gasteiger charge is -2.05. The summed E-state index contributed by atoms with van der Waals surface area (Å²) in [6, 6.07) is 1.14. The summed E-state index contributed by atoms with van der Waals surface area (Å²) in [6.45, 7) is 0. The van der Waals surface area contributed by atoms with E-state index in [4.69, 9.17) is 10.0 Å². The number of rotatable bonds is 2. The van der Waals surface area contributed by atoms with Crippen LogP contribution in [0.25, 0.3) is 0 Å². The van der Waals surface area contributed by atoms with Gasteiger partial charge in [0.05, 0.1) is 0 Å². The first-order valence-corrected chi connectivity index (χ1v) is 3.21. The zero-order chi connectivity index (χ0) is 9.14. The Bertz CT molecular complexity index is 242. The molecule has 0 spiro atoms. The van der Waals surface area contributed by atoms with Gasteiger partial charge in [0.15, 0.2) is 0 Å². The standard InChI is InChI=1S/C6H6BF2NO2/c8-6(9)4-3-10-2-1-5(4)7(11)12/h1-3,6,11-12H. The minimum atomic E-state index is -2.74. The molecule has 0 bridgehead atoms. The van der Waals surface area contributed by atoms with Gasteiger partial charge in [0.2, 0.25) is 0 Å². The van der Waals surface area contributed by atoms with Crippen LogP contribution in [0.1, 0.15) is 12.0 Å². The fraction of sp³-hybridized carbons (Fsp3) is 0.167. The molecule has 1 rings (SSSR count). The van der Waals surface area contributed by atoms with Crippen LogP contribution in [0.5, 0.6) is 0 Å². The van der Waals surface area contributed by atoms with Crippen LogP contribution in [0.15, 0.2) is 18.5 Å². The third-order valence-electron chi connectivity index (χ3n) is 1.40. The molecule has 0 aromatic carbocycles. The second kappa shape index (κ2) is 3.60. The average Bonchev–Trinajstić information content (AvgIpc) is 2.04. The molecule has 2 N–H and O–H groups in total. The monoisotopic (exact) mass is 173 g/mol. The van der Waals surface area contributed by atoms with Gasteiger partial charge in [0.25, 0.3) is 6.43 Å². The quantitative estimate of drug-likeness (QED) is 0.603. The molecule has 3 nitrogen and oxygen atoms in total. The largest absolute Gasteiger partial charge is 0.489 e. The molecule has 0 saturated heterocycles. The minimum Gasteiger partial charge on any atom is -0.423 e. The Hall–Kier alpha value is -1.01. The van der Waals surface area contributed by atoms with E-state index in [9.17, 15) is 8.78 Å². The van der Waals surface area contributed by atoms with Crippen molar-refractivity contribution < 1.29 is 18.8 Å². The summed E-state index contributed by atoms with van der Waals surface area (Å²) >= 11 is 0. The molecule has 6 heteroatoms. The Kier molecular flexibility index (Phi) is 2.72. The highest BCUT2D eigenvalue weighted by atomic mass is 19.3. The molecule has 0 saturated carbocycles. The molecule has 0 fully saturated rings. The van der Waals surface area contributed by atoms with Gasteiger partial charge in [-0.2, -0.15) is 0 Å². The molecule has 0 amide bonds. The Morgan fingerprint density at radius 3 is 2.50 bits per heavy atom. The lowest BCUT2D eigenvalue weighted by Crippen LogP contribution is -2.33. The molecule has 12 heavy (non-hydrogen) atoms. The molecule has 0 unspecified atom stereocenters. The number of aromatic nitrogens is 1. The Balaban J connectivity index is 3.09. The molecule has 1 heterocycles.